The summed E-state index contributed by atoms with van der Waals surface area (Å²) in [6.07, 6.45) is 0.386. The minimum atomic E-state index is -2.47. The van der Waals surface area contributed by atoms with Crippen LogP contribution in [0, 0.1) is 11.3 Å². The second kappa shape index (κ2) is 4.69. The molecule has 0 aliphatic heterocycles. The summed E-state index contributed by atoms with van der Waals surface area (Å²) in [5.41, 5.74) is 0. The van der Waals surface area contributed by atoms with Crippen molar-refractivity contribution < 1.29 is 8.85 Å². The molecular formula is C5H10ClNO2Si. The van der Waals surface area contributed by atoms with Crippen LogP contribution in [0.4, 0.5) is 0 Å². The lowest BCUT2D eigenvalue weighted by Crippen LogP contribution is -2.32. The van der Waals surface area contributed by atoms with Crippen LogP contribution >= 0.6 is 11.1 Å². The maximum atomic E-state index is 8.22. The molecule has 0 unspecified atom stereocenters. The molecule has 0 aromatic rings. The average Bonchev–Trinajstić information content (AvgIpc) is 2.00. The second-order valence-electron chi connectivity index (χ2n) is 1.73. The molecule has 0 saturated heterocycles. The Kier molecular flexibility index (Phi) is 4.65. The van der Waals surface area contributed by atoms with Crippen molar-refractivity contribution in [3.8, 4) is 6.07 Å². The molecule has 0 saturated carbocycles. The standard InChI is InChI=1S/C5H10ClNO2Si/c1-8-10(6,9-2)5-3-4-7/h3,5H2,1-2H3. The summed E-state index contributed by atoms with van der Waals surface area (Å²) >= 11 is 5.83. The van der Waals surface area contributed by atoms with Crippen LogP contribution in [0.25, 0.3) is 0 Å². The molecule has 58 valence electrons. The first-order valence-electron chi connectivity index (χ1n) is 2.84. The highest BCUT2D eigenvalue weighted by Crippen LogP contribution is 2.17. The van der Waals surface area contributed by atoms with E-state index >= 15 is 0 Å². The molecule has 5 heteroatoms. The lowest BCUT2D eigenvalue weighted by atomic mass is 10.6. The lowest BCUT2D eigenvalue weighted by molar-refractivity contribution is 0.266. The van der Waals surface area contributed by atoms with E-state index in [0.29, 0.717) is 12.5 Å². The first-order chi connectivity index (χ1) is 4.68. The van der Waals surface area contributed by atoms with Crippen LogP contribution < -0.4 is 0 Å². The Labute approximate surface area is 66.5 Å². The average molecular weight is 180 g/mol. The number of nitriles is 1. The molecule has 0 bridgehead atoms. The van der Waals surface area contributed by atoms with Crippen molar-refractivity contribution >= 4 is 18.9 Å². The van der Waals surface area contributed by atoms with Gasteiger partial charge in [0, 0.05) is 26.7 Å². The number of nitrogens with zero attached hydrogens (tertiary/aromatic N) is 1. The molecule has 0 aromatic carbocycles. The smallest absolute Gasteiger partial charge is 0.386 e. The van der Waals surface area contributed by atoms with E-state index in [1.54, 1.807) is 0 Å². The van der Waals surface area contributed by atoms with Crippen molar-refractivity contribution in [3.05, 3.63) is 0 Å². The van der Waals surface area contributed by atoms with Crippen LogP contribution in [0.3, 0.4) is 0 Å². The van der Waals surface area contributed by atoms with Gasteiger partial charge < -0.3 is 8.85 Å². The van der Waals surface area contributed by atoms with Gasteiger partial charge in [-0.1, -0.05) is 11.1 Å². The summed E-state index contributed by atoms with van der Waals surface area (Å²) in [6, 6.07) is 2.49. The van der Waals surface area contributed by atoms with E-state index in [2.05, 4.69) is 0 Å². The molecule has 0 aliphatic carbocycles. The Morgan fingerprint density at radius 2 is 2.00 bits per heavy atom. The minimum Gasteiger partial charge on any atom is -0.386 e. The Balaban J connectivity index is 3.71. The first kappa shape index (κ1) is 9.92. The van der Waals surface area contributed by atoms with E-state index in [1.165, 1.54) is 14.2 Å². The van der Waals surface area contributed by atoms with E-state index in [0.717, 1.165) is 0 Å². The van der Waals surface area contributed by atoms with Gasteiger partial charge >= 0.3 is 7.87 Å². The van der Waals surface area contributed by atoms with Gasteiger partial charge in [-0.15, -0.1) is 0 Å². The zero-order valence-electron chi connectivity index (χ0n) is 6.06. The third-order valence-electron chi connectivity index (χ3n) is 1.15. The van der Waals surface area contributed by atoms with Crippen molar-refractivity contribution in [2.75, 3.05) is 14.2 Å². The van der Waals surface area contributed by atoms with Crippen LogP contribution in [0.1, 0.15) is 6.42 Å². The van der Waals surface area contributed by atoms with Crippen LogP contribution in [-0.2, 0) is 8.85 Å². The lowest BCUT2D eigenvalue weighted by Gasteiger charge is -2.17. The maximum absolute atomic E-state index is 8.22. The van der Waals surface area contributed by atoms with E-state index in [-0.39, 0.29) is 0 Å². The molecule has 0 atom stereocenters. The Morgan fingerprint density at radius 3 is 2.30 bits per heavy atom. The molecule has 0 rings (SSSR count). The molecule has 10 heavy (non-hydrogen) atoms. The molecule has 0 amide bonds. The normalized spacial score (nSPS) is 11.0. The highest BCUT2D eigenvalue weighted by Gasteiger charge is 2.32. The summed E-state index contributed by atoms with van der Waals surface area (Å²) in [5, 5.41) is 8.22. The molecule has 0 aromatic heterocycles. The minimum absolute atomic E-state index is 0.386. The maximum Gasteiger partial charge on any atom is 0.443 e. The molecular weight excluding hydrogens is 170 g/mol. The first-order valence-corrected chi connectivity index (χ1v) is 5.88. The van der Waals surface area contributed by atoms with Crippen molar-refractivity contribution in [2.45, 2.75) is 12.5 Å². The topological polar surface area (TPSA) is 42.2 Å². The van der Waals surface area contributed by atoms with Gasteiger partial charge in [0.25, 0.3) is 0 Å². The van der Waals surface area contributed by atoms with Gasteiger partial charge in [0.1, 0.15) is 0 Å². The Bertz CT molecular complexity index is 132. The Hall–Kier alpha value is -0.0831. The van der Waals surface area contributed by atoms with Gasteiger partial charge in [-0.3, -0.25) is 0 Å². The predicted octanol–water partition coefficient (Wildman–Crippen LogP) is 1.37. The van der Waals surface area contributed by atoms with Crippen molar-refractivity contribution in [1.29, 1.82) is 5.26 Å². The van der Waals surface area contributed by atoms with Gasteiger partial charge in [0.2, 0.25) is 0 Å². The van der Waals surface area contributed by atoms with Gasteiger partial charge in [-0.25, -0.2) is 0 Å². The molecule has 0 spiro atoms. The van der Waals surface area contributed by atoms with E-state index < -0.39 is 7.87 Å². The van der Waals surface area contributed by atoms with E-state index in [9.17, 15) is 0 Å². The number of hydrogen-bond donors (Lipinski definition) is 0. The zero-order valence-corrected chi connectivity index (χ0v) is 7.81. The van der Waals surface area contributed by atoms with Crippen LogP contribution in [0.15, 0.2) is 0 Å². The fourth-order valence-corrected chi connectivity index (χ4v) is 1.76. The largest absolute Gasteiger partial charge is 0.443 e. The van der Waals surface area contributed by atoms with Gasteiger partial charge in [-0.05, 0) is 0 Å². The molecule has 0 fully saturated rings. The summed E-state index contributed by atoms with van der Waals surface area (Å²) in [4.78, 5) is 0. The van der Waals surface area contributed by atoms with Crippen molar-refractivity contribution in [2.24, 2.45) is 0 Å². The van der Waals surface area contributed by atoms with Crippen molar-refractivity contribution in [1.82, 2.24) is 0 Å². The third-order valence-corrected chi connectivity index (χ3v) is 4.70. The van der Waals surface area contributed by atoms with Gasteiger partial charge in [-0.2, -0.15) is 5.26 Å². The second-order valence-corrected chi connectivity index (χ2v) is 6.09. The summed E-state index contributed by atoms with van der Waals surface area (Å²) in [5.74, 6) is 0. The van der Waals surface area contributed by atoms with Crippen LogP contribution in [0.5, 0.6) is 0 Å². The molecule has 0 heterocycles. The quantitative estimate of drug-likeness (QED) is 0.484. The van der Waals surface area contributed by atoms with E-state index in [4.69, 9.17) is 25.2 Å². The number of hydrogen-bond acceptors (Lipinski definition) is 3. The SMILES string of the molecule is CO[Si](Cl)(CCC#N)OC. The van der Waals surface area contributed by atoms with Crippen LogP contribution in [0.2, 0.25) is 6.04 Å². The highest BCUT2D eigenvalue weighted by molar-refractivity contribution is 7.12. The molecule has 3 nitrogen and oxygen atoms in total. The number of halogens is 1. The van der Waals surface area contributed by atoms with E-state index in [1.807, 2.05) is 6.07 Å². The summed E-state index contributed by atoms with van der Waals surface area (Å²) in [6.45, 7) is 0. The molecule has 0 radical (unpaired) electrons. The van der Waals surface area contributed by atoms with Gasteiger partial charge in [0.15, 0.2) is 0 Å². The van der Waals surface area contributed by atoms with Crippen molar-refractivity contribution in [3.63, 3.8) is 0 Å². The third kappa shape index (κ3) is 3.18. The summed E-state index contributed by atoms with van der Waals surface area (Å²) < 4.78 is 9.84. The highest BCUT2D eigenvalue weighted by atomic mass is 35.6. The summed E-state index contributed by atoms with van der Waals surface area (Å²) in [7, 11) is 0.532. The zero-order chi connectivity index (χ0) is 8.04. The predicted molar refractivity (Wildman–Crippen MR) is 40.7 cm³/mol. The fourth-order valence-electron chi connectivity index (χ4n) is 0.493. The monoisotopic (exact) mass is 179 g/mol. The molecule has 0 N–H and O–H groups in total. The van der Waals surface area contributed by atoms with Crippen LogP contribution in [-0.4, -0.2) is 22.1 Å². The Morgan fingerprint density at radius 1 is 1.50 bits per heavy atom. The fraction of sp³-hybridized carbons (Fsp3) is 0.800. The van der Waals surface area contributed by atoms with Gasteiger partial charge in [0.05, 0.1) is 6.07 Å². The number of rotatable bonds is 4. The molecule has 0 aliphatic rings.